The lowest BCUT2D eigenvalue weighted by atomic mass is 9.99. The summed E-state index contributed by atoms with van der Waals surface area (Å²) in [6.07, 6.45) is -2.51. The average molecular weight is 534 g/mol. The molecule has 0 bridgehead atoms. The molecule has 0 saturated carbocycles. The third-order valence-corrected chi connectivity index (χ3v) is 6.30. The number of carbonyl (C=O) groups is 2. The fourth-order valence-electron chi connectivity index (χ4n) is 4.41. The highest BCUT2D eigenvalue weighted by Crippen LogP contribution is 2.24. The first-order chi connectivity index (χ1) is 19.1. The van der Waals surface area contributed by atoms with Gasteiger partial charge >= 0.3 is 0 Å². The van der Waals surface area contributed by atoms with E-state index in [9.17, 15) is 9.59 Å². The topological polar surface area (TPSA) is 92.3 Å². The van der Waals surface area contributed by atoms with E-state index in [1.165, 1.54) is 6.92 Å². The average Bonchev–Trinajstić information content (AvgIpc) is 2.97. The first-order valence-corrected chi connectivity index (χ1v) is 13.0. The predicted molar refractivity (Wildman–Crippen MR) is 144 cm³/mol. The van der Waals surface area contributed by atoms with Crippen molar-refractivity contribution in [1.29, 1.82) is 0 Å². The lowest BCUT2D eigenvalue weighted by molar-refractivity contribution is -0.254. The van der Waals surface area contributed by atoms with Gasteiger partial charge in [-0.1, -0.05) is 91.0 Å². The molecule has 4 rings (SSSR count). The molecule has 8 nitrogen and oxygen atoms in total. The van der Waals surface area contributed by atoms with Crippen molar-refractivity contribution in [1.82, 2.24) is 5.32 Å². The van der Waals surface area contributed by atoms with Crippen LogP contribution in [0, 0.1) is 0 Å². The van der Waals surface area contributed by atoms with E-state index in [1.807, 2.05) is 91.0 Å². The van der Waals surface area contributed by atoms with E-state index in [1.54, 1.807) is 0 Å². The molecule has 1 N–H and O–H groups in total. The summed E-state index contributed by atoms with van der Waals surface area (Å²) >= 11 is 0. The summed E-state index contributed by atoms with van der Waals surface area (Å²) in [6, 6.07) is 28.9. The Kier molecular flexibility index (Phi) is 11.2. The molecule has 1 heterocycles. The Morgan fingerprint density at radius 1 is 0.872 bits per heavy atom. The monoisotopic (exact) mass is 533 g/mol. The van der Waals surface area contributed by atoms with Crippen molar-refractivity contribution in [3.63, 3.8) is 0 Å². The lowest BCUT2D eigenvalue weighted by Crippen LogP contribution is -2.61. The Morgan fingerprint density at radius 3 is 1.95 bits per heavy atom. The Labute approximate surface area is 229 Å². The zero-order valence-corrected chi connectivity index (χ0v) is 22.0. The zero-order valence-electron chi connectivity index (χ0n) is 22.0. The minimum Gasteiger partial charge on any atom is -0.374 e. The molecular formula is C31H35NO7. The van der Waals surface area contributed by atoms with Crippen LogP contribution in [0.15, 0.2) is 91.0 Å². The van der Waals surface area contributed by atoms with Gasteiger partial charge in [0, 0.05) is 6.92 Å². The molecule has 3 aromatic carbocycles. The molecular weight excluding hydrogens is 498 g/mol. The van der Waals surface area contributed by atoms with Crippen LogP contribution in [0.25, 0.3) is 0 Å². The number of hydrogen-bond acceptors (Lipinski definition) is 7. The van der Waals surface area contributed by atoms with Gasteiger partial charge in [-0.15, -0.1) is 0 Å². The normalized spacial score (nSPS) is 20.6. The van der Waals surface area contributed by atoms with Crippen molar-refractivity contribution in [3.8, 4) is 0 Å². The van der Waals surface area contributed by atoms with Crippen LogP contribution in [-0.2, 0) is 53.1 Å². The van der Waals surface area contributed by atoms with Crippen LogP contribution in [0.4, 0.5) is 0 Å². The van der Waals surface area contributed by atoms with E-state index >= 15 is 0 Å². The number of rotatable bonds is 14. The number of carbonyl (C=O) groups excluding carboxylic acids is 2. The van der Waals surface area contributed by atoms with Gasteiger partial charge in [0.15, 0.2) is 6.29 Å². The third-order valence-electron chi connectivity index (χ3n) is 6.30. The summed E-state index contributed by atoms with van der Waals surface area (Å²) in [5.74, 6) is -0.245. The molecule has 1 unspecified atom stereocenters. The van der Waals surface area contributed by atoms with Gasteiger partial charge < -0.3 is 29.0 Å². The van der Waals surface area contributed by atoms with E-state index in [2.05, 4.69) is 5.32 Å². The van der Waals surface area contributed by atoms with Crippen molar-refractivity contribution in [2.75, 3.05) is 13.2 Å². The fraction of sp³-hybridized carbons (Fsp3) is 0.355. The van der Waals surface area contributed by atoms with Crippen molar-refractivity contribution in [3.05, 3.63) is 108 Å². The van der Waals surface area contributed by atoms with E-state index < -0.39 is 30.6 Å². The fourth-order valence-corrected chi connectivity index (χ4v) is 4.41. The first-order valence-electron chi connectivity index (χ1n) is 13.0. The van der Waals surface area contributed by atoms with Gasteiger partial charge in [0.25, 0.3) is 0 Å². The van der Waals surface area contributed by atoms with Crippen LogP contribution in [-0.4, -0.2) is 56.1 Å². The minimum atomic E-state index is -1.08. The molecule has 5 atom stereocenters. The second-order valence-corrected chi connectivity index (χ2v) is 9.34. The Bertz CT molecular complexity index is 1130. The summed E-state index contributed by atoms with van der Waals surface area (Å²) in [4.78, 5) is 23.6. The molecule has 8 heteroatoms. The maximum Gasteiger partial charge on any atom is 0.217 e. The van der Waals surface area contributed by atoms with Crippen molar-refractivity contribution in [2.24, 2.45) is 0 Å². The van der Waals surface area contributed by atoms with Crippen LogP contribution in [0.3, 0.4) is 0 Å². The second kappa shape index (κ2) is 15.3. The molecule has 206 valence electrons. The molecule has 0 aliphatic carbocycles. The highest BCUT2D eigenvalue weighted by Gasteiger charge is 2.43. The SMILES string of the molecule is CC(=O)N[C@@H]1COC(C=O)O[C@H]1[C@H](OCc1ccccc1)[C@@H](COCc1ccccc1)OCc1ccccc1. The van der Waals surface area contributed by atoms with Gasteiger partial charge in [-0.25, -0.2) is 0 Å². The molecule has 0 radical (unpaired) electrons. The molecule has 1 saturated heterocycles. The number of aldehydes is 1. The lowest BCUT2D eigenvalue weighted by Gasteiger charge is -2.41. The number of benzene rings is 3. The van der Waals surface area contributed by atoms with Gasteiger partial charge in [0.05, 0.1) is 39.1 Å². The molecule has 39 heavy (non-hydrogen) atoms. The minimum absolute atomic E-state index is 0.0924. The van der Waals surface area contributed by atoms with Gasteiger partial charge in [-0.05, 0) is 16.7 Å². The molecule has 0 spiro atoms. The summed E-state index contributed by atoms with van der Waals surface area (Å²) in [5.41, 5.74) is 2.98. The maximum atomic E-state index is 12.0. The summed E-state index contributed by atoms with van der Waals surface area (Å²) < 4.78 is 30.5. The van der Waals surface area contributed by atoms with Gasteiger partial charge in [-0.2, -0.15) is 0 Å². The molecule has 1 fully saturated rings. The molecule has 1 amide bonds. The largest absolute Gasteiger partial charge is 0.374 e. The smallest absolute Gasteiger partial charge is 0.217 e. The molecule has 0 aromatic heterocycles. The quantitative estimate of drug-likeness (QED) is 0.315. The second-order valence-electron chi connectivity index (χ2n) is 9.34. The van der Waals surface area contributed by atoms with Crippen LogP contribution in [0.1, 0.15) is 23.6 Å². The molecule has 1 aliphatic rings. The van der Waals surface area contributed by atoms with E-state index in [0.717, 1.165) is 16.7 Å². The Balaban J connectivity index is 1.59. The number of ether oxygens (including phenoxy) is 5. The van der Waals surface area contributed by atoms with Crippen molar-refractivity contribution in [2.45, 2.75) is 57.4 Å². The third kappa shape index (κ3) is 9.09. The standard InChI is InChI=1S/C31H35NO7/c1-23(34)32-27-21-37-29(17-33)39-30(27)31(38-20-26-15-9-4-10-16-26)28(36-19-25-13-7-3-8-14-25)22-35-18-24-11-5-2-6-12-24/h2-17,27-31H,18-22H2,1H3,(H,32,34)/t27-,28-,29?,30-,31-/m1/s1. The van der Waals surface area contributed by atoms with E-state index in [-0.39, 0.29) is 25.7 Å². The molecule has 1 aliphatic heterocycles. The highest BCUT2D eigenvalue weighted by molar-refractivity contribution is 5.73. The van der Waals surface area contributed by atoms with E-state index in [0.29, 0.717) is 19.5 Å². The number of nitrogens with one attached hydrogen (secondary N) is 1. The number of hydrogen-bond donors (Lipinski definition) is 1. The van der Waals surface area contributed by atoms with E-state index in [4.69, 9.17) is 23.7 Å². The Hall–Kier alpha value is -3.40. The highest BCUT2D eigenvalue weighted by atomic mass is 16.7. The van der Waals surface area contributed by atoms with Crippen LogP contribution >= 0.6 is 0 Å². The Morgan fingerprint density at radius 2 is 1.41 bits per heavy atom. The first kappa shape index (κ1) is 28.6. The van der Waals surface area contributed by atoms with Crippen molar-refractivity contribution < 1.29 is 33.3 Å². The summed E-state index contributed by atoms with van der Waals surface area (Å²) in [5, 5.41) is 2.88. The maximum absolute atomic E-state index is 12.0. The number of amides is 1. The summed E-state index contributed by atoms with van der Waals surface area (Å²) in [7, 11) is 0. The van der Waals surface area contributed by atoms with Crippen LogP contribution in [0.5, 0.6) is 0 Å². The van der Waals surface area contributed by atoms with Crippen LogP contribution in [0.2, 0.25) is 0 Å². The van der Waals surface area contributed by atoms with Crippen molar-refractivity contribution >= 4 is 12.2 Å². The summed E-state index contributed by atoms with van der Waals surface area (Å²) in [6.45, 7) is 2.69. The van der Waals surface area contributed by atoms with Gasteiger partial charge in [-0.3, -0.25) is 9.59 Å². The van der Waals surface area contributed by atoms with Gasteiger partial charge in [0.2, 0.25) is 12.2 Å². The van der Waals surface area contributed by atoms with Gasteiger partial charge in [0.1, 0.15) is 18.3 Å². The van der Waals surface area contributed by atoms with Crippen LogP contribution < -0.4 is 5.32 Å². The molecule has 3 aromatic rings. The predicted octanol–water partition coefficient (Wildman–Crippen LogP) is 3.82. The zero-order chi connectivity index (χ0) is 27.3.